The lowest BCUT2D eigenvalue weighted by atomic mass is 10.0. The minimum atomic E-state index is -3.65. The summed E-state index contributed by atoms with van der Waals surface area (Å²) in [6.45, 7) is 7.20. The second kappa shape index (κ2) is 5.67. The van der Waals surface area contributed by atoms with Crippen LogP contribution in [0.4, 0.5) is 0 Å². The van der Waals surface area contributed by atoms with Crippen molar-refractivity contribution in [2.75, 3.05) is 0 Å². The molecule has 2 aromatic heterocycles. The van der Waals surface area contributed by atoms with Gasteiger partial charge in [-0.15, -0.1) is 11.3 Å². The highest BCUT2D eigenvalue weighted by atomic mass is 32.2. The molecule has 0 amide bonds. The van der Waals surface area contributed by atoms with E-state index < -0.39 is 10.0 Å². The molecular formula is C13H18N2O3S2. The highest BCUT2D eigenvalue weighted by Gasteiger charge is 2.29. The largest absolute Gasteiger partial charge is 0.360 e. The van der Waals surface area contributed by atoms with E-state index in [4.69, 9.17) is 4.52 Å². The fourth-order valence-corrected chi connectivity index (χ4v) is 4.79. The first-order valence-corrected chi connectivity index (χ1v) is 8.68. The molecule has 1 N–H and O–H groups in total. The summed E-state index contributed by atoms with van der Waals surface area (Å²) in [5.41, 5.74) is 0.378. The third kappa shape index (κ3) is 2.94. The first-order chi connectivity index (χ1) is 9.33. The molecule has 2 aromatic rings. The number of thiophene rings is 1. The van der Waals surface area contributed by atoms with Crippen molar-refractivity contribution in [1.82, 2.24) is 9.88 Å². The van der Waals surface area contributed by atoms with Crippen molar-refractivity contribution in [2.24, 2.45) is 5.92 Å². The van der Waals surface area contributed by atoms with Crippen LogP contribution in [0.15, 0.2) is 26.9 Å². The van der Waals surface area contributed by atoms with Gasteiger partial charge in [0.25, 0.3) is 0 Å². The van der Waals surface area contributed by atoms with E-state index in [1.165, 1.54) is 11.3 Å². The Labute approximate surface area is 123 Å². The second-order valence-electron chi connectivity index (χ2n) is 5.01. The molecular weight excluding hydrogens is 296 g/mol. The van der Waals surface area contributed by atoms with E-state index in [1.807, 2.05) is 31.4 Å². The summed E-state index contributed by atoms with van der Waals surface area (Å²) in [4.78, 5) is 1.13. The molecule has 0 spiro atoms. The zero-order valence-electron chi connectivity index (χ0n) is 11.9. The van der Waals surface area contributed by atoms with Gasteiger partial charge >= 0.3 is 0 Å². The second-order valence-corrected chi connectivity index (χ2v) is 7.64. The highest BCUT2D eigenvalue weighted by Crippen LogP contribution is 2.29. The molecule has 1 atom stereocenters. The van der Waals surface area contributed by atoms with Crippen molar-refractivity contribution in [3.8, 4) is 0 Å². The van der Waals surface area contributed by atoms with E-state index in [-0.39, 0.29) is 16.9 Å². The average Bonchev–Trinajstić information content (AvgIpc) is 2.96. The maximum absolute atomic E-state index is 12.5. The monoisotopic (exact) mass is 314 g/mol. The highest BCUT2D eigenvalue weighted by molar-refractivity contribution is 7.89. The standard InChI is InChI=1S/C13H18N2O3S2/c1-8(2)12(11-6-5-7-19-11)15-20(16,17)13-9(3)14-18-10(13)4/h5-8,12,15H,1-4H3. The van der Waals surface area contributed by atoms with Crippen molar-refractivity contribution < 1.29 is 12.9 Å². The topological polar surface area (TPSA) is 72.2 Å². The Morgan fingerprint density at radius 3 is 2.50 bits per heavy atom. The van der Waals surface area contributed by atoms with Crippen LogP contribution in [-0.4, -0.2) is 13.6 Å². The first-order valence-electron chi connectivity index (χ1n) is 6.31. The van der Waals surface area contributed by atoms with Gasteiger partial charge in [0.15, 0.2) is 5.76 Å². The summed E-state index contributed by atoms with van der Waals surface area (Å²) in [5.74, 6) is 0.451. The fraction of sp³-hybridized carbons (Fsp3) is 0.462. The van der Waals surface area contributed by atoms with Crippen LogP contribution in [-0.2, 0) is 10.0 Å². The van der Waals surface area contributed by atoms with Crippen molar-refractivity contribution in [3.05, 3.63) is 33.8 Å². The minimum absolute atomic E-state index is 0.139. The van der Waals surface area contributed by atoms with Crippen LogP contribution in [0, 0.1) is 19.8 Å². The summed E-state index contributed by atoms with van der Waals surface area (Å²) in [7, 11) is -3.65. The van der Waals surface area contributed by atoms with Gasteiger partial charge in [-0.05, 0) is 31.2 Å². The maximum Gasteiger partial charge on any atom is 0.246 e. The van der Waals surface area contributed by atoms with Gasteiger partial charge < -0.3 is 4.52 Å². The maximum atomic E-state index is 12.5. The number of rotatable bonds is 5. The molecule has 7 heteroatoms. The molecule has 110 valence electrons. The molecule has 0 saturated carbocycles. The van der Waals surface area contributed by atoms with Crippen molar-refractivity contribution in [2.45, 2.75) is 38.6 Å². The van der Waals surface area contributed by atoms with Gasteiger partial charge in [0.2, 0.25) is 10.0 Å². The predicted octanol–water partition coefficient (Wildman–Crippen LogP) is 3.03. The van der Waals surface area contributed by atoms with Crippen LogP contribution in [0.5, 0.6) is 0 Å². The van der Waals surface area contributed by atoms with Gasteiger partial charge in [-0.1, -0.05) is 25.1 Å². The third-order valence-electron chi connectivity index (χ3n) is 3.04. The Balaban J connectivity index is 2.36. The molecule has 2 heterocycles. The Kier molecular flexibility index (Phi) is 4.31. The Morgan fingerprint density at radius 2 is 2.05 bits per heavy atom. The molecule has 0 aliphatic heterocycles. The lowest BCUT2D eigenvalue weighted by Gasteiger charge is -2.21. The van der Waals surface area contributed by atoms with Crippen LogP contribution >= 0.6 is 11.3 Å². The number of nitrogens with one attached hydrogen (secondary N) is 1. The summed E-state index contributed by atoms with van der Waals surface area (Å²) in [5, 5.41) is 5.65. The van der Waals surface area contributed by atoms with E-state index in [9.17, 15) is 8.42 Å². The molecule has 0 saturated heterocycles. The molecule has 0 fully saturated rings. The summed E-state index contributed by atoms with van der Waals surface area (Å²) in [6.07, 6.45) is 0. The van der Waals surface area contributed by atoms with E-state index in [0.717, 1.165) is 4.88 Å². The van der Waals surface area contributed by atoms with Crippen LogP contribution in [0.3, 0.4) is 0 Å². The van der Waals surface area contributed by atoms with Gasteiger partial charge in [-0.25, -0.2) is 13.1 Å². The van der Waals surface area contributed by atoms with Gasteiger partial charge in [-0.3, -0.25) is 0 Å². The Bertz CT molecular complexity index is 653. The molecule has 0 aliphatic rings. The molecule has 0 aromatic carbocycles. The van der Waals surface area contributed by atoms with Crippen LogP contribution in [0.1, 0.15) is 36.2 Å². The Hall–Kier alpha value is -1.18. The molecule has 20 heavy (non-hydrogen) atoms. The lowest BCUT2D eigenvalue weighted by Crippen LogP contribution is -2.31. The van der Waals surface area contributed by atoms with Gasteiger partial charge in [0.05, 0.1) is 6.04 Å². The van der Waals surface area contributed by atoms with E-state index in [2.05, 4.69) is 9.88 Å². The van der Waals surface area contributed by atoms with Crippen LogP contribution in [0.25, 0.3) is 0 Å². The van der Waals surface area contributed by atoms with Crippen LogP contribution < -0.4 is 4.72 Å². The van der Waals surface area contributed by atoms with E-state index in [0.29, 0.717) is 11.5 Å². The number of hydrogen-bond acceptors (Lipinski definition) is 5. The normalized spacial score (nSPS) is 13.8. The van der Waals surface area contributed by atoms with Crippen molar-refractivity contribution >= 4 is 21.4 Å². The first kappa shape index (κ1) is 15.2. The molecule has 0 radical (unpaired) electrons. The summed E-state index contributed by atoms with van der Waals surface area (Å²) >= 11 is 1.54. The Morgan fingerprint density at radius 1 is 1.35 bits per heavy atom. The number of sulfonamides is 1. The zero-order valence-corrected chi connectivity index (χ0v) is 13.5. The third-order valence-corrected chi connectivity index (χ3v) is 5.68. The van der Waals surface area contributed by atoms with Crippen LogP contribution in [0.2, 0.25) is 0 Å². The molecule has 2 rings (SSSR count). The average molecular weight is 314 g/mol. The predicted molar refractivity (Wildman–Crippen MR) is 78.2 cm³/mol. The molecule has 0 aliphatic carbocycles. The fourth-order valence-electron chi connectivity index (χ4n) is 2.08. The molecule has 5 nitrogen and oxygen atoms in total. The number of aromatic nitrogens is 1. The summed E-state index contributed by atoms with van der Waals surface area (Å²) in [6, 6.07) is 3.60. The lowest BCUT2D eigenvalue weighted by molar-refractivity contribution is 0.390. The van der Waals surface area contributed by atoms with Gasteiger partial charge in [0.1, 0.15) is 10.6 Å². The molecule has 1 unspecified atom stereocenters. The SMILES string of the molecule is Cc1noc(C)c1S(=O)(=O)NC(c1cccs1)C(C)C. The van der Waals surface area contributed by atoms with E-state index >= 15 is 0 Å². The summed E-state index contributed by atoms with van der Waals surface area (Å²) < 4.78 is 32.8. The van der Waals surface area contributed by atoms with Crippen molar-refractivity contribution in [3.63, 3.8) is 0 Å². The number of nitrogens with zero attached hydrogens (tertiary/aromatic N) is 1. The smallest absolute Gasteiger partial charge is 0.246 e. The van der Waals surface area contributed by atoms with Gasteiger partial charge in [0, 0.05) is 4.88 Å². The molecule has 0 bridgehead atoms. The quantitative estimate of drug-likeness (QED) is 0.920. The number of hydrogen-bond donors (Lipinski definition) is 1. The van der Waals surface area contributed by atoms with E-state index in [1.54, 1.807) is 13.8 Å². The zero-order chi connectivity index (χ0) is 14.9. The minimum Gasteiger partial charge on any atom is -0.360 e. The van der Waals surface area contributed by atoms with Crippen molar-refractivity contribution in [1.29, 1.82) is 0 Å². The van der Waals surface area contributed by atoms with Gasteiger partial charge in [-0.2, -0.15) is 0 Å². The number of aryl methyl sites for hydroxylation is 2.